The molecule has 0 spiro atoms. The number of carbonyl (C=O) groups excluding carboxylic acids is 4. The number of carboxylic acids is 1. The number of primary amides is 1. The Hall–Kier alpha value is -4.99. The molecule has 2 rings (SSSR count). The van der Waals surface area contributed by atoms with Crippen LogP contribution in [0.4, 0.5) is 0 Å². The van der Waals surface area contributed by atoms with E-state index in [0.29, 0.717) is 11.3 Å². The predicted molar refractivity (Wildman–Crippen MR) is 148 cm³/mol. The van der Waals surface area contributed by atoms with Gasteiger partial charge in [-0.1, -0.05) is 30.3 Å². The molecule has 1 aromatic carbocycles. The van der Waals surface area contributed by atoms with Crippen LogP contribution in [0.15, 0.2) is 47.8 Å². The number of aliphatic imine (C=N–C) groups is 1. The Morgan fingerprint density at radius 1 is 0.902 bits per heavy atom. The lowest BCUT2D eigenvalue weighted by Crippen LogP contribution is -2.58. The zero-order valence-corrected chi connectivity index (χ0v) is 22.3. The third-order valence-electron chi connectivity index (χ3n) is 5.85. The van der Waals surface area contributed by atoms with Crippen LogP contribution >= 0.6 is 0 Å². The molecule has 0 bridgehead atoms. The summed E-state index contributed by atoms with van der Waals surface area (Å²) in [6, 6.07) is 3.68. The highest BCUT2D eigenvalue weighted by Crippen LogP contribution is 2.07. The van der Waals surface area contributed by atoms with Gasteiger partial charge in [-0.3, -0.25) is 24.2 Å². The van der Waals surface area contributed by atoms with Crippen molar-refractivity contribution < 1.29 is 29.1 Å². The summed E-state index contributed by atoms with van der Waals surface area (Å²) >= 11 is 0. The third kappa shape index (κ3) is 11.7. The fourth-order valence-electron chi connectivity index (χ4n) is 3.78. The number of benzene rings is 1. The van der Waals surface area contributed by atoms with Gasteiger partial charge in [0.15, 0.2) is 5.96 Å². The molecule has 2 aromatic rings. The normalized spacial score (nSPS) is 13.6. The first-order chi connectivity index (χ1) is 19.5. The van der Waals surface area contributed by atoms with Crippen molar-refractivity contribution in [2.45, 2.75) is 56.3 Å². The predicted octanol–water partition coefficient (Wildman–Crippen LogP) is -3.01. The van der Waals surface area contributed by atoms with E-state index in [9.17, 15) is 29.1 Å². The topological polar surface area (TPSA) is 287 Å². The summed E-state index contributed by atoms with van der Waals surface area (Å²) in [7, 11) is 0. The van der Waals surface area contributed by atoms with Gasteiger partial charge in [-0.15, -0.1) is 0 Å². The van der Waals surface area contributed by atoms with Crippen molar-refractivity contribution in [3.63, 3.8) is 0 Å². The SMILES string of the molecule is NC(=O)C[C@@H](N)C(=O)N[C@H](CCCN=C(N)N)C(=O)N[C@H](Cc1cnc[nH]1)C(=O)N[C@@H](Cc1ccccc1)C(=O)O. The van der Waals surface area contributed by atoms with Crippen LogP contribution in [-0.2, 0) is 36.8 Å². The van der Waals surface area contributed by atoms with Crippen LogP contribution in [0, 0.1) is 0 Å². The lowest BCUT2D eigenvalue weighted by molar-refractivity contribution is -0.142. The number of guanidine groups is 1. The number of hydrogen-bond acceptors (Lipinski definition) is 8. The second kappa shape index (κ2) is 16.2. The molecule has 0 aliphatic heterocycles. The molecule has 0 saturated carbocycles. The van der Waals surface area contributed by atoms with Gasteiger partial charge in [-0.05, 0) is 18.4 Å². The number of hydrogen-bond donors (Lipinski definition) is 9. The molecule has 0 unspecified atom stereocenters. The molecule has 4 amide bonds. The molecule has 0 saturated heterocycles. The zero-order chi connectivity index (χ0) is 30.4. The van der Waals surface area contributed by atoms with Crippen LogP contribution in [-0.4, -0.2) is 81.3 Å². The molecular formula is C25H36N10O6. The van der Waals surface area contributed by atoms with E-state index in [4.69, 9.17) is 22.9 Å². The molecular weight excluding hydrogens is 536 g/mol. The van der Waals surface area contributed by atoms with E-state index in [1.54, 1.807) is 30.3 Å². The van der Waals surface area contributed by atoms with Crippen molar-refractivity contribution in [3.05, 3.63) is 54.1 Å². The molecule has 1 aromatic heterocycles. The summed E-state index contributed by atoms with van der Waals surface area (Å²) in [4.78, 5) is 72.9. The largest absolute Gasteiger partial charge is 0.480 e. The molecule has 16 heteroatoms. The number of carboxylic acid groups (broad SMARTS) is 1. The number of aromatic amines is 1. The number of aromatic nitrogens is 2. The van der Waals surface area contributed by atoms with Gasteiger partial charge >= 0.3 is 5.97 Å². The van der Waals surface area contributed by atoms with E-state index in [1.807, 2.05) is 0 Å². The number of nitrogens with two attached hydrogens (primary N) is 4. The van der Waals surface area contributed by atoms with Gasteiger partial charge in [0.05, 0.1) is 18.8 Å². The van der Waals surface area contributed by atoms with Crippen molar-refractivity contribution >= 4 is 35.6 Å². The van der Waals surface area contributed by atoms with Crippen molar-refractivity contribution in [2.75, 3.05) is 6.54 Å². The fourth-order valence-corrected chi connectivity index (χ4v) is 3.78. The minimum atomic E-state index is -1.31. The maximum absolute atomic E-state index is 13.3. The molecule has 0 aliphatic rings. The van der Waals surface area contributed by atoms with Crippen LogP contribution < -0.4 is 38.9 Å². The Labute approximate surface area is 235 Å². The Morgan fingerprint density at radius 3 is 2.12 bits per heavy atom. The fraction of sp³-hybridized carbons (Fsp3) is 0.400. The van der Waals surface area contributed by atoms with Crippen molar-refractivity contribution in [1.29, 1.82) is 0 Å². The number of aliphatic carboxylic acids is 1. The van der Waals surface area contributed by atoms with Crippen LogP contribution in [0.1, 0.15) is 30.5 Å². The molecule has 41 heavy (non-hydrogen) atoms. The number of amides is 4. The van der Waals surface area contributed by atoms with Gasteiger partial charge in [0, 0.05) is 31.3 Å². The minimum absolute atomic E-state index is 0.00780. The Bertz CT molecular complexity index is 1200. The number of rotatable bonds is 17. The molecule has 1 heterocycles. The van der Waals surface area contributed by atoms with Gasteiger partial charge < -0.3 is 49.0 Å². The van der Waals surface area contributed by atoms with Gasteiger partial charge in [-0.2, -0.15) is 0 Å². The van der Waals surface area contributed by atoms with Crippen molar-refractivity contribution in [1.82, 2.24) is 25.9 Å². The standard InChI is InChI=1S/C25H36N10O6/c26-16(11-20(27)36)21(37)33-17(7-4-8-31-25(28)29)22(38)34-18(10-15-12-30-13-32-15)23(39)35-19(24(40)41)9-14-5-2-1-3-6-14/h1-3,5-6,12-13,16-19H,4,7-11,26H2,(H2,27,36)(H,30,32)(H,33,37)(H,34,38)(H,35,39)(H,40,41)(H4,28,29,31)/t16-,17-,18-,19+/m1/s1. The van der Waals surface area contributed by atoms with Crippen LogP contribution in [0.25, 0.3) is 0 Å². The van der Waals surface area contributed by atoms with Crippen LogP contribution in [0.2, 0.25) is 0 Å². The van der Waals surface area contributed by atoms with Gasteiger partial charge in [0.1, 0.15) is 18.1 Å². The lowest BCUT2D eigenvalue weighted by Gasteiger charge is -2.25. The highest BCUT2D eigenvalue weighted by Gasteiger charge is 2.31. The first-order valence-electron chi connectivity index (χ1n) is 12.7. The van der Waals surface area contributed by atoms with Crippen molar-refractivity contribution in [3.8, 4) is 0 Å². The highest BCUT2D eigenvalue weighted by atomic mass is 16.4. The van der Waals surface area contributed by atoms with E-state index in [2.05, 4.69) is 30.9 Å². The average Bonchev–Trinajstić information content (AvgIpc) is 3.42. The molecule has 0 radical (unpaired) electrons. The van der Waals surface area contributed by atoms with E-state index < -0.39 is 60.2 Å². The summed E-state index contributed by atoms with van der Waals surface area (Å²) in [5, 5.41) is 17.2. The highest BCUT2D eigenvalue weighted by molar-refractivity contribution is 5.95. The maximum atomic E-state index is 13.3. The Morgan fingerprint density at radius 2 is 1.54 bits per heavy atom. The number of nitrogens with one attached hydrogen (secondary N) is 4. The quantitative estimate of drug-likeness (QED) is 0.0525. The van der Waals surface area contributed by atoms with Crippen molar-refractivity contribution in [2.24, 2.45) is 27.9 Å². The number of H-pyrrole nitrogens is 1. The molecule has 16 nitrogen and oxygen atoms in total. The average molecular weight is 573 g/mol. The van der Waals surface area contributed by atoms with E-state index in [1.165, 1.54) is 12.5 Å². The lowest BCUT2D eigenvalue weighted by atomic mass is 10.0. The summed E-state index contributed by atoms with van der Waals surface area (Å²) in [5.74, 6) is -4.56. The van der Waals surface area contributed by atoms with E-state index >= 15 is 0 Å². The van der Waals surface area contributed by atoms with Gasteiger partial charge in [0.25, 0.3) is 0 Å². The molecule has 13 N–H and O–H groups in total. The molecule has 0 aliphatic carbocycles. The molecule has 222 valence electrons. The third-order valence-corrected chi connectivity index (χ3v) is 5.85. The zero-order valence-electron chi connectivity index (χ0n) is 22.3. The Balaban J connectivity index is 2.22. The first-order valence-corrected chi connectivity index (χ1v) is 12.7. The van der Waals surface area contributed by atoms with E-state index in [0.717, 1.165) is 0 Å². The molecule has 4 atom stereocenters. The first kappa shape index (κ1) is 32.2. The summed E-state index contributed by atoms with van der Waals surface area (Å²) in [6.07, 6.45) is 2.63. The summed E-state index contributed by atoms with van der Waals surface area (Å²) in [6.45, 7) is 0.146. The monoisotopic (exact) mass is 572 g/mol. The number of imidazole rings is 1. The van der Waals surface area contributed by atoms with Crippen LogP contribution in [0.3, 0.4) is 0 Å². The van der Waals surface area contributed by atoms with E-state index in [-0.39, 0.29) is 38.2 Å². The number of nitrogens with zero attached hydrogens (tertiary/aromatic N) is 2. The minimum Gasteiger partial charge on any atom is -0.480 e. The number of carbonyl (C=O) groups is 5. The summed E-state index contributed by atoms with van der Waals surface area (Å²) in [5.41, 5.74) is 22.7. The van der Waals surface area contributed by atoms with Gasteiger partial charge in [-0.25, -0.2) is 9.78 Å². The smallest absolute Gasteiger partial charge is 0.326 e. The maximum Gasteiger partial charge on any atom is 0.326 e. The van der Waals surface area contributed by atoms with Gasteiger partial charge in [0.2, 0.25) is 23.6 Å². The second-order valence-corrected chi connectivity index (χ2v) is 9.22. The second-order valence-electron chi connectivity index (χ2n) is 9.22. The molecule has 0 fully saturated rings. The van der Waals surface area contributed by atoms with Crippen LogP contribution in [0.5, 0.6) is 0 Å². The Kier molecular flexibility index (Phi) is 12.7. The summed E-state index contributed by atoms with van der Waals surface area (Å²) < 4.78 is 0.